The topological polar surface area (TPSA) is 21.3 Å². The van der Waals surface area contributed by atoms with Crippen molar-refractivity contribution in [3.8, 4) is 5.75 Å². The molecule has 19 heavy (non-hydrogen) atoms. The van der Waals surface area contributed by atoms with Gasteiger partial charge in [-0.1, -0.05) is 0 Å². The molecule has 1 aromatic heterocycles. The van der Waals surface area contributed by atoms with E-state index in [1.165, 1.54) is 33.5 Å². The van der Waals surface area contributed by atoms with Gasteiger partial charge in [-0.05, 0) is 71.1 Å². The minimum atomic E-state index is 0.430. The standard InChI is InChI=1S/C15H16BrNOS/c1-18-11-7-5-10(6-8-11)17-13-3-2-4-14-12(13)9-15(16)19-14/h5-9,13,17H,2-4H2,1H3. The molecule has 1 atom stereocenters. The lowest BCUT2D eigenvalue weighted by molar-refractivity contribution is 0.415. The number of halogens is 1. The minimum Gasteiger partial charge on any atom is -0.497 e. The summed E-state index contributed by atoms with van der Waals surface area (Å²) in [5, 5.41) is 3.63. The third-order valence-electron chi connectivity index (χ3n) is 3.51. The summed E-state index contributed by atoms with van der Waals surface area (Å²) in [6.07, 6.45) is 3.67. The van der Waals surface area contributed by atoms with E-state index in [2.05, 4.69) is 39.4 Å². The number of methoxy groups -OCH3 is 1. The van der Waals surface area contributed by atoms with E-state index in [4.69, 9.17) is 4.74 Å². The van der Waals surface area contributed by atoms with E-state index in [1.807, 2.05) is 23.5 Å². The smallest absolute Gasteiger partial charge is 0.119 e. The zero-order valence-electron chi connectivity index (χ0n) is 10.8. The van der Waals surface area contributed by atoms with Crippen molar-refractivity contribution in [3.05, 3.63) is 44.6 Å². The van der Waals surface area contributed by atoms with Crippen molar-refractivity contribution in [1.29, 1.82) is 0 Å². The van der Waals surface area contributed by atoms with Gasteiger partial charge in [0.25, 0.3) is 0 Å². The Morgan fingerprint density at radius 1 is 1.32 bits per heavy atom. The van der Waals surface area contributed by atoms with Crippen LogP contribution in [0.4, 0.5) is 5.69 Å². The minimum absolute atomic E-state index is 0.430. The molecular weight excluding hydrogens is 322 g/mol. The molecule has 2 aromatic rings. The summed E-state index contributed by atoms with van der Waals surface area (Å²) >= 11 is 5.47. The maximum atomic E-state index is 5.19. The summed E-state index contributed by atoms with van der Waals surface area (Å²) in [5.41, 5.74) is 2.61. The number of thiophene rings is 1. The molecule has 1 aromatic carbocycles. The van der Waals surface area contributed by atoms with Gasteiger partial charge in [0.15, 0.2) is 0 Å². The molecule has 1 heterocycles. The highest BCUT2D eigenvalue weighted by Gasteiger charge is 2.22. The van der Waals surface area contributed by atoms with E-state index in [1.54, 1.807) is 7.11 Å². The van der Waals surface area contributed by atoms with Crippen LogP contribution in [0.5, 0.6) is 5.75 Å². The van der Waals surface area contributed by atoms with Crippen LogP contribution in [0.2, 0.25) is 0 Å². The Labute approximate surface area is 125 Å². The van der Waals surface area contributed by atoms with Crippen LogP contribution in [-0.4, -0.2) is 7.11 Å². The molecule has 0 radical (unpaired) electrons. The van der Waals surface area contributed by atoms with Crippen molar-refractivity contribution < 1.29 is 4.74 Å². The van der Waals surface area contributed by atoms with Gasteiger partial charge in [0, 0.05) is 10.6 Å². The van der Waals surface area contributed by atoms with Gasteiger partial charge in [0.05, 0.1) is 16.9 Å². The number of nitrogens with one attached hydrogen (secondary N) is 1. The number of ether oxygens (including phenoxy) is 1. The van der Waals surface area contributed by atoms with Crippen LogP contribution in [0.25, 0.3) is 0 Å². The third kappa shape index (κ3) is 2.79. The van der Waals surface area contributed by atoms with Crippen LogP contribution in [-0.2, 0) is 6.42 Å². The molecular formula is C15H16BrNOS. The van der Waals surface area contributed by atoms with E-state index in [0.717, 1.165) is 11.4 Å². The summed E-state index contributed by atoms with van der Waals surface area (Å²) < 4.78 is 6.42. The molecule has 0 aliphatic heterocycles. The number of hydrogen-bond acceptors (Lipinski definition) is 3. The van der Waals surface area contributed by atoms with Gasteiger partial charge in [-0.15, -0.1) is 11.3 Å². The lowest BCUT2D eigenvalue weighted by Crippen LogP contribution is -2.15. The van der Waals surface area contributed by atoms with Gasteiger partial charge >= 0.3 is 0 Å². The van der Waals surface area contributed by atoms with Crippen LogP contribution in [0.15, 0.2) is 34.1 Å². The number of rotatable bonds is 3. The number of benzene rings is 1. The van der Waals surface area contributed by atoms with Crippen LogP contribution in [0.3, 0.4) is 0 Å². The SMILES string of the molecule is COc1ccc(NC2CCCc3sc(Br)cc32)cc1. The fourth-order valence-electron chi connectivity index (χ4n) is 2.56. The quantitative estimate of drug-likeness (QED) is 0.849. The predicted molar refractivity (Wildman–Crippen MR) is 84.3 cm³/mol. The van der Waals surface area contributed by atoms with Gasteiger partial charge in [-0.3, -0.25) is 0 Å². The van der Waals surface area contributed by atoms with Crippen LogP contribution < -0.4 is 10.1 Å². The average Bonchev–Trinajstić information content (AvgIpc) is 2.81. The van der Waals surface area contributed by atoms with Crippen LogP contribution in [0, 0.1) is 0 Å². The highest BCUT2D eigenvalue weighted by atomic mass is 79.9. The monoisotopic (exact) mass is 337 g/mol. The molecule has 2 nitrogen and oxygen atoms in total. The van der Waals surface area contributed by atoms with E-state index < -0.39 is 0 Å². The van der Waals surface area contributed by atoms with Gasteiger partial charge in [-0.2, -0.15) is 0 Å². The van der Waals surface area contributed by atoms with Crippen molar-refractivity contribution in [2.45, 2.75) is 25.3 Å². The number of aryl methyl sites for hydroxylation is 1. The zero-order valence-corrected chi connectivity index (χ0v) is 13.2. The second kappa shape index (κ2) is 5.55. The number of anilines is 1. The largest absolute Gasteiger partial charge is 0.497 e. The molecule has 1 N–H and O–H groups in total. The zero-order chi connectivity index (χ0) is 13.2. The molecule has 0 amide bonds. The van der Waals surface area contributed by atoms with Crippen LogP contribution in [0.1, 0.15) is 29.3 Å². The van der Waals surface area contributed by atoms with E-state index in [9.17, 15) is 0 Å². The maximum Gasteiger partial charge on any atom is 0.119 e. The molecule has 0 saturated heterocycles. The third-order valence-corrected chi connectivity index (χ3v) is 5.23. The predicted octanol–water partition coefficient (Wildman–Crippen LogP) is 5.01. The first-order valence-corrected chi connectivity index (χ1v) is 8.06. The molecule has 1 aliphatic rings. The van der Waals surface area contributed by atoms with E-state index in [0.29, 0.717) is 6.04 Å². The maximum absolute atomic E-state index is 5.19. The van der Waals surface area contributed by atoms with Crippen molar-refractivity contribution in [2.75, 3.05) is 12.4 Å². The van der Waals surface area contributed by atoms with Crippen molar-refractivity contribution in [3.63, 3.8) is 0 Å². The first-order valence-electron chi connectivity index (χ1n) is 6.45. The second-order valence-electron chi connectivity index (χ2n) is 4.75. The Bertz CT molecular complexity index is 564. The summed E-state index contributed by atoms with van der Waals surface area (Å²) in [6, 6.07) is 10.8. The van der Waals surface area contributed by atoms with Crippen LogP contribution >= 0.6 is 27.3 Å². The first-order chi connectivity index (χ1) is 9.26. The Balaban J connectivity index is 1.79. The lowest BCUT2D eigenvalue weighted by Gasteiger charge is -2.24. The van der Waals surface area contributed by atoms with Gasteiger partial charge in [-0.25, -0.2) is 0 Å². The van der Waals surface area contributed by atoms with Gasteiger partial charge in [0.2, 0.25) is 0 Å². The Kier molecular flexibility index (Phi) is 3.80. The number of hydrogen-bond donors (Lipinski definition) is 1. The highest BCUT2D eigenvalue weighted by molar-refractivity contribution is 9.11. The molecule has 100 valence electrons. The van der Waals surface area contributed by atoms with Crippen molar-refractivity contribution in [1.82, 2.24) is 0 Å². The molecule has 0 bridgehead atoms. The Morgan fingerprint density at radius 3 is 2.84 bits per heavy atom. The Morgan fingerprint density at radius 2 is 2.11 bits per heavy atom. The molecule has 0 fully saturated rings. The summed E-state index contributed by atoms with van der Waals surface area (Å²) in [6.45, 7) is 0. The second-order valence-corrected chi connectivity index (χ2v) is 7.26. The summed E-state index contributed by atoms with van der Waals surface area (Å²) in [5.74, 6) is 0.896. The molecule has 3 rings (SSSR count). The molecule has 4 heteroatoms. The average molecular weight is 338 g/mol. The molecule has 0 spiro atoms. The van der Waals surface area contributed by atoms with Crippen molar-refractivity contribution >= 4 is 33.0 Å². The summed E-state index contributed by atoms with van der Waals surface area (Å²) in [7, 11) is 1.69. The normalized spacial score (nSPS) is 17.9. The van der Waals surface area contributed by atoms with Crippen molar-refractivity contribution in [2.24, 2.45) is 0 Å². The fraction of sp³-hybridized carbons (Fsp3) is 0.333. The fourth-order valence-corrected chi connectivity index (χ4v) is 4.38. The molecule has 1 unspecified atom stereocenters. The molecule has 0 saturated carbocycles. The summed E-state index contributed by atoms with van der Waals surface area (Å²) in [4.78, 5) is 1.52. The van der Waals surface area contributed by atoms with Gasteiger partial charge < -0.3 is 10.1 Å². The van der Waals surface area contributed by atoms with E-state index in [-0.39, 0.29) is 0 Å². The number of fused-ring (bicyclic) bond motifs is 1. The highest BCUT2D eigenvalue weighted by Crippen LogP contribution is 2.39. The first kappa shape index (κ1) is 13.0. The van der Waals surface area contributed by atoms with E-state index >= 15 is 0 Å². The Hall–Kier alpha value is -1.00. The van der Waals surface area contributed by atoms with Gasteiger partial charge in [0.1, 0.15) is 5.75 Å². The molecule has 1 aliphatic carbocycles. The lowest BCUT2D eigenvalue weighted by atomic mass is 9.94.